The van der Waals surface area contributed by atoms with Gasteiger partial charge in [-0.3, -0.25) is 0 Å². The van der Waals surface area contributed by atoms with E-state index in [0.29, 0.717) is 6.61 Å². The highest BCUT2D eigenvalue weighted by Crippen LogP contribution is 2.30. The predicted molar refractivity (Wildman–Crippen MR) is 101 cm³/mol. The van der Waals surface area contributed by atoms with Gasteiger partial charge in [-0.2, -0.15) is 0 Å². The summed E-state index contributed by atoms with van der Waals surface area (Å²) in [7, 11) is 1.62. The number of hydrogen-bond acceptors (Lipinski definition) is 3. The lowest BCUT2D eigenvalue weighted by Crippen LogP contribution is -2.38. The quantitative estimate of drug-likeness (QED) is 0.848. The highest BCUT2D eigenvalue weighted by atomic mass is 16.5. The number of benzene rings is 2. The Morgan fingerprint density at radius 3 is 2.80 bits per heavy atom. The lowest BCUT2D eigenvalue weighted by Gasteiger charge is -2.22. The second kappa shape index (κ2) is 8.03. The van der Waals surface area contributed by atoms with Crippen LogP contribution in [0.5, 0.6) is 0 Å². The summed E-state index contributed by atoms with van der Waals surface area (Å²) in [6.45, 7) is 4.18. The summed E-state index contributed by atoms with van der Waals surface area (Å²) in [5.74, 6) is 0. The third-order valence-electron chi connectivity index (χ3n) is 4.40. The molecule has 0 radical (unpaired) electrons. The zero-order chi connectivity index (χ0) is 17.6. The van der Waals surface area contributed by atoms with Crippen LogP contribution in [0.4, 0.5) is 16.2 Å². The Hall–Kier alpha value is -2.53. The number of nitrogens with one attached hydrogen (secondary N) is 2. The van der Waals surface area contributed by atoms with Crippen LogP contribution < -0.4 is 15.5 Å². The predicted octanol–water partition coefficient (Wildman–Crippen LogP) is 3.41. The molecule has 1 aliphatic heterocycles. The first-order valence-electron chi connectivity index (χ1n) is 8.64. The molecule has 1 atom stereocenters. The summed E-state index contributed by atoms with van der Waals surface area (Å²) < 4.78 is 5.05. The number of carbonyl (C=O) groups is 1. The summed E-state index contributed by atoms with van der Waals surface area (Å²) in [5, 5.41) is 5.84. The molecule has 1 aliphatic rings. The van der Waals surface area contributed by atoms with Gasteiger partial charge in [-0.05, 0) is 36.6 Å². The van der Waals surface area contributed by atoms with Crippen LogP contribution in [0.15, 0.2) is 48.5 Å². The maximum Gasteiger partial charge on any atom is 0.319 e. The van der Waals surface area contributed by atoms with Crippen molar-refractivity contribution in [1.29, 1.82) is 0 Å². The lowest BCUT2D eigenvalue weighted by molar-refractivity contribution is 0.173. The van der Waals surface area contributed by atoms with Gasteiger partial charge in [0, 0.05) is 31.6 Å². The highest BCUT2D eigenvalue weighted by Gasteiger charge is 2.19. The molecule has 1 heterocycles. The van der Waals surface area contributed by atoms with Crippen molar-refractivity contribution in [3.05, 3.63) is 59.7 Å². The van der Waals surface area contributed by atoms with Crippen LogP contribution >= 0.6 is 0 Å². The van der Waals surface area contributed by atoms with Crippen LogP contribution in [0.3, 0.4) is 0 Å². The van der Waals surface area contributed by atoms with Gasteiger partial charge < -0.3 is 20.3 Å². The van der Waals surface area contributed by atoms with Gasteiger partial charge in [-0.1, -0.05) is 36.4 Å². The molecule has 0 spiro atoms. The van der Waals surface area contributed by atoms with Gasteiger partial charge in [0.25, 0.3) is 0 Å². The number of para-hydroxylation sites is 2. The minimum atomic E-state index is -0.209. The number of hydrogen-bond donors (Lipinski definition) is 2. The Morgan fingerprint density at radius 1 is 1.20 bits per heavy atom. The summed E-state index contributed by atoms with van der Waals surface area (Å²) in [6.07, 6.45) is 1.07. The molecule has 2 amide bonds. The van der Waals surface area contributed by atoms with E-state index in [0.717, 1.165) is 30.8 Å². The van der Waals surface area contributed by atoms with Crippen LogP contribution in [0.1, 0.15) is 18.1 Å². The molecule has 0 fully saturated rings. The first-order chi connectivity index (χ1) is 12.2. The summed E-state index contributed by atoms with van der Waals surface area (Å²) >= 11 is 0. The average molecular weight is 339 g/mol. The number of carbonyl (C=O) groups excluding carboxylic acids is 1. The SMILES string of the molecule is COC[C@@H](C)NC(=O)Nc1ccccc1CN1CCc2ccccc21. The molecule has 3 rings (SSSR count). The van der Waals surface area contributed by atoms with Crippen LogP contribution in [0, 0.1) is 0 Å². The zero-order valence-electron chi connectivity index (χ0n) is 14.8. The molecule has 2 N–H and O–H groups in total. The van der Waals surface area contributed by atoms with Crippen LogP contribution in [-0.2, 0) is 17.7 Å². The molecule has 5 heteroatoms. The van der Waals surface area contributed by atoms with Gasteiger partial charge >= 0.3 is 6.03 Å². The molecular weight excluding hydrogens is 314 g/mol. The van der Waals surface area contributed by atoms with Crippen molar-refractivity contribution in [1.82, 2.24) is 5.32 Å². The van der Waals surface area contributed by atoms with Crippen LogP contribution in [0.2, 0.25) is 0 Å². The molecule has 5 nitrogen and oxygen atoms in total. The molecule has 0 bridgehead atoms. The number of rotatable bonds is 6. The van der Waals surface area contributed by atoms with Crippen molar-refractivity contribution in [3.8, 4) is 0 Å². The normalized spacial score (nSPS) is 14.1. The second-order valence-corrected chi connectivity index (χ2v) is 6.41. The number of urea groups is 1. The number of anilines is 2. The van der Waals surface area contributed by atoms with Gasteiger partial charge in [-0.15, -0.1) is 0 Å². The Kier molecular flexibility index (Phi) is 5.56. The summed E-state index contributed by atoms with van der Waals surface area (Å²) in [6, 6.07) is 16.2. The fourth-order valence-electron chi connectivity index (χ4n) is 3.23. The van der Waals surface area contributed by atoms with Crippen LogP contribution in [-0.4, -0.2) is 32.3 Å². The number of amides is 2. The molecule has 2 aromatic carbocycles. The fraction of sp³-hybridized carbons (Fsp3) is 0.350. The number of nitrogens with zero attached hydrogens (tertiary/aromatic N) is 1. The van der Waals surface area contributed by atoms with Gasteiger partial charge in [0.15, 0.2) is 0 Å². The van der Waals surface area contributed by atoms with Crippen LogP contribution in [0.25, 0.3) is 0 Å². The Bertz CT molecular complexity index is 732. The molecule has 25 heavy (non-hydrogen) atoms. The molecule has 2 aromatic rings. The van der Waals surface area contributed by atoms with Crippen molar-refractivity contribution in [2.45, 2.75) is 25.9 Å². The molecule has 0 aliphatic carbocycles. The van der Waals surface area contributed by atoms with E-state index in [-0.39, 0.29) is 12.1 Å². The van der Waals surface area contributed by atoms with Crippen molar-refractivity contribution < 1.29 is 9.53 Å². The van der Waals surface area contributed by atoms with Gasteiger partial charge in [-0.25, -0.2) is 4.79 Å². The maximum atomic E-state index is 12.2. The first kappa shape index (κ1) is 17.3. The van der Waals surface area contributed by atoms with E-state index < -0.39 is 0 Å². The first-order valence-corrected chi connectivity index (χ1v) is 8.64. The maximum absolute atomic E-state index is 12.2. The third kappa shape index (κ3) is 4.31. The highest BCUT2D eigenvalue weighted by molar-refractivity contribution is 5.90. The van der Waals surface area contributed by atoms with E-state index in [1.165, 1.54) is 11.3 Å². The van der Waals surface area contributed by atoms with E-state index in [9.17, 15) is 4.79 Å². The van der Waals surface area contributed by atoms with E-state index in [1.54, 1.807) is 7.11 Å². The zero-order valence-corrected chi connectivity index (χ0v) is 14.8. The van der Waals surface area contributed by atoms with Crippen molar-refractivity contribution in [3.63, 3.8) is 0 Å². The van der Waals surface area contributed by atoms with Gasteiger partial charge in [0.05, 0.1) is 12.6 Å². The largest absolute Gasteiger partial charge is 0.383 e. The van der Waals surface area contributed by atoms with Crippen molar-refractivity contribution in [2.75, 3.05) is 30.5 Å². The Morgan fingerprint density at radius 2 is 1.96 bits per heavy atom. The molecular formula is C20H25N3O2. The number of methoxy groups -OCH3 is 1. The number of fused-ring (bicyclic) bond motifs is 1. The molecule has 0 unspecified atom stereocenters. The Labute approximate surface area is 149 Å². The van der Waals surface area contributed by atoms with Crippen molar-refractivity contribution >= 4 is 17.4 Å². The lowest BCUT2D eigenvalue weighted by atomic mass is 10.1. The van der Waals surface area contributed by atoms with E-state index in [2.05, 4.69) is 45.9 Å². The minimum Gasteiger partial charge on any atom is -0.383 e. The molecule has 0 aromatic heterocycles. The fourth-order valence-corrected chi connectivity index (χ4v) is 3.23. The average Bonchev–Trinajstić information content (AvgIpc) is 3.00. The Balaban J connectivity index is 1.68. The molecule has 0 saturated heterocycles. The third-order valence-corrected chi connectivity index (χ3v) is 4.40. The monoisotopic (exact) mass is 339 g/mol. The van der Waals surface area contributed by atoms with E-state index in [4.69, 9.17) is 4.74 Å². The topological polar surface area (TPSA) is 53.6 Å². The standard InChI is InChI=1S/C20H25N3O2/c1-15(14-25-2)21-20(24)22-18-9-5-3-8-17(18)13-23-12-11-16-7-4-6-10-19(16)23/h3-10,15H,11-14H2,1-2H3,(H2,21,22,24)/t15-/m1/s1. The van der Waals surface area contributed by atoms with E-state index in [1.807, 2.05) is 25.1 Å². The van der Waals surface area contributed by atoms with Gasteiger partial charge in [0.2, 0.25) is 0 Å². The van der Waals surface area contributed by atoms with Crippen molar-refractivity contribution in [2.24, 2.45) is 0 Å². The van der Waals surface area contributed by atoms with Gasteiger partial charge in [0.1, 0.15) is 0 Å². The number of ether oxygens (including phenoxy) is 1. The summed E-state index contributed by atoms with van der Waals surface area (Å²) in [4.78, 5) is 14.6. The van der Waals surface area contributed by atoms with E-state index >= 15 is 0 Å². The molecule has 132 valence electrons. The second-order valence-electron chi connectivity index (χ2n) is 6.41. The smallest absolute Gasteiger partial charge is 0.319 e. The minimum absolute atomic E-state index is 0.0392. The summed E-state index contributed by atoms with van der Waals surface area (Å²) in [5.41, 5.74) is 4.62. The molecule has 0 saturated carbocycles.